The average Bonchev–Trinajstić information content (AvgIpc) is 2.50. The van der Waals surface area contributed by atoms with Crippen molar-refractivity contribution in [1.82, 2.24) is 9.88 Å². The number of hydrogen-bond donors (Lipinski definition) is 0. The number of rotatable bonds is 3. The smallest absolute Gasteiger partial charge is 0.101 e. The SMILES string of the molecule is CN1CCCC[C@@H]1c1ccc(Sc2ccccc2)nc1. The summed E-state index contributed by atoms with van der Waals surface area (Å²) in [4.78, 5) is 8.31. The summed E-state index contributed by atoms with van der Waals surface area (Å²) in [5.74, 6) is 0. The van der Waals surface area contributed by atoms with Crippen molar-refractivity contribution in [1.29, 1.82) is 0 Å². The summed E-state index contributed by atoms with van der Waals surface area (Å²) >= 11 is 1.72. The van der Waals surface area contributed by atoms with Crippen molar-refractivity contribution in [2.75, 3.05) is 13.6 Å². The van der Waals surface area contributed by atoms with Crippen molar-refractivity contribution in [2.24, 2.45) is 0 Å². The van der Waals surface area contributed by atoms with E-state index in [1.165, 1.54) is 36.3 Å². The summed E-state index contributed by atoms with van der Waals surface area (Å²) in [6.45, 7) is 1.20. The molecule has 1 atom stereocenters. The van der Waals surface area contributed by atoms with E-state index in [0.29, 0.717) is 6.04 Å². The minimum Gasteiger partial charge on any atom is -0.299 e. The Hall–Kier alpha value is -1.32. The topological polar surface area (TPSA) is 16.1 Å². The molecule has 2 nitrogen and oxygen atoms in total. The Morgan fingerprint density at radius 2 is 1.95 bits per heavy atom. The third-order valence-corrected chi connectivity index (χ3v) is 4.84. The van der Waals surface area contributed by atoms with Crippen molar-refractivity contribution in [2.45, 2.75) is 35.2 Å². The van der Waals surface area contributed by atoms with Gasteiger partial charge in [0.25, 0.3) is 0 Å². The van der Waals surface area contributed by atoms with Gasteiger partial charge in [0.2, 0.25) is 0 Å². The molecule has 0 aliphatic carbocycles. The number of benzene rings is 1. The van der Waals surface area contributed by atoms with Crippen LogP contribution in [-0.4, -0.2) is 23.5 Å². The van der Waals surface area contributed by atoms with Gasteiger partial charge in [0.15, 0.2) is 0 Å². The van der Waals surface area contributed by atoms with Crippen molar-refractivity contribution in [3.63, 3.8) is 0 Å². The van der Waals surface area contributed by atoms with E-state index in [1.807, 2.05) is 6.07 Å². The van der Waals surface area contributed by atoms with Gasteiger partial charge < -0.3 is 0 Å². The van der Waals surface area contributed by atoms with Crippen LogP contribution in [0, 0.1) is 0 Å². The summed E-state index contributed by atoms with van der Waals surface area (Å²) in [7, 11) is 2.22. The molecule has 1 fully saturated rings. The third-order valence-electron chi connectivity index (χ3n) is 3.88. The lowest BCUT2D eigenvalue weighted by Crippen LogP contribution is -2.29. The Morgan fingerprint density at radius 1 is 1.10 bits per heavy atom. The van der Waals surface area contributed by atoms with Crippen molar-refractivity contribution in [3.05, 3.63) is 54.2 Å². The second-order valence-corrected chi connectivity index (χ2v) is 6.43. The highest BCUT2D eigenvalue weighted by Crippen LogP contribution is 2.31. The van der Waals surface area contributed by atoms with Gasteiger partial charge in [0, 0.05) is 17.1 Å². The first-order chi connectivity index (χ1) is 9.83. The van der Waals surface area contributed by atoms with Gasteiger partial charge in [-0.1, -0.05) is 42.4 Å². The molecule has 1 saturated heterocycles. The van der Waals surface area contributed by atoms with Crippen molar-refractivity contribution < 1.29 is 0 Å². The first-order valence-electron chi connectivity index (χ1n) is 7.22. The molecule has 0 bridgehead atoms. The quantitative estimate of drug-likeness (QED) is 0.831. The molecule has 3 rings (SSSR count). The van der Waals surface area contributed by atoms with Crippen LogP contribution in [0.25, 0.3) is 0 Å². The van der Waals surface area contributed by atoms with Gasteiger partial charge in [-0.15, -0.1) is 0 Å². The Labute approximate surface area is 125 Å². The molecule has 1 aromatic heterocycles. The molecule has 3 heteroatoms. The molecular formula is C17H20N2S. The van der Waals surface area contributed by atoms with Crippen molar-refractivity contribution in [3.8, 4) is 0 Å². The maximum Gasteiger partial charge on any atom is 0.101 e. The molecule has 2 aromatic rings. The van der Waals surface area contributed by atoms with E-state index in [1.54, 1.807) is 11.8 Å². The fourth-order valence-corrected chi connectivity index (χ4v) is 3.53. The lowest BCUT2D eigenvalue weighted by molar-refractivity contribution is 0.187. The lowest BCUT2D eigenvalue weighted by Gasteiger charge is -2.32. The second-order valence-electron chi connectivity index (χ2n) is 5.34. The Kier molecular flexibility index (Phi) is 4.38. The molecular weight excluding hydrogens is 264 g/mol. The van der Waals surface area contributed by atoms with Gasteiger partial charge in [0.05, 0.1) is 0 Å². The van der Waals surface area contributed by atoms with Gasteiger partial charge in [0.1, 0.15) is 5.03 Å². The predicted molar refractivity (Wildman–Crippen MR) is 84.0 cm³/mol. The van der Waals surface area contributed by atoms with Crippen LogP contribution in [0.3, 0.4) is 0 Å². The lowest BCUT2D eigenvalue weighted by atomic mass is 9.97. The van der Waals surface area contributed by atoms with E-state index < -0.39 is 0 Å². The van der Waals surface area contributed by atoms with Crippen LogP contribution in [-0.2, 0) is 0 Å². The van der Waals surface area contributed by atoms with Gasteiger partial charge in [-0.3, -0.25) is 4.90 Å². The summed E-state index contributed by atoms with van der Waals surface area (Å²) in [6, 6.07) is 15.3. The highest BCUT2D eigenvalue weighted by molar-refractivity contribution is 7.99. The fourth-order valence-electron chi connectivity index (χ4n) is 2.75. The summed E-state index contributed by atoms with van der Waals surface area (Å²) < 4.78 is 0. The monoisotopic (exact) mass is 284 g/mol. The molecule has 1 aromatic carbocycles. The minimum atomic E-state index is 0.548. The minimum absolute atomic E-state index is 0.548. The normalized spacial score (nSPS) is 19.9. The second kappa shape index (κ2) is 6.42. The number of nitrogens with zero attached hydrogens (tertiary/aromatic N) is 2. The van der Waals surface area contributed by atoms with E-state index in [2.05, 4.69) is 59.5 Å². The molecule has 0 radical (unpaired) electrons. The zero-order valence-corrected chi connectivity index (χ0v) is 12.6. The number of pyridine rings is 1. The number of hydrogen-bond acceptors (Lipinski definition) is 3. The van der Waals surface area contributed by atoms with Crippen LogP contribution in [0.5, 0.6) is 0 Å². The molecule has 2 heterocycles. The highest BCUT2D eigenvalue weighted by atomic mass is 32.2. The van der Waals surface area contributed by atoms with E-state index in [4.69, 9.17) is 0 Å². The molecule has 20 heavy (non-hydrogen) atoms. The van der Waals surface area contributed by atoms with E-state index in [9.17, 15) is 0 Å². The average molecular weight is 284 g/mol. The van der Waals surface area contributed by atoms with E-state index in [-0.39, 0.29) is 0 Å². The molecule has 1 aliphatic rings. The van der Waals surface area contributed by atoms with Crippen LogP contribution in [0.15, 0.2) is 58.6 Å². The molecule has 0 unspecified atom stereocenters. The Morgan fingerprint density at radius 3 is 2.65 bits per heavy atom. The summed E-state index contributed by atoms with van der Waals surface area (Å²) in [5, 5.41) is 1.07. The summed E-state index contributed by atoms with van der Waals surface area (Å²) in [6.07, 6.45) is 5.96. The zero-order chi connectivity index (χ0) is 13.8. The molecule has 104 valence electrons. The van der Waals surface area contributed by atoms with Crippen molar-refractivity contribution >= 4 is 11.8 Å². The molecule has 0 spiro atoms. The van der Waals surface area contributed by atoms with E-state index in [0.717, 1.165) is 5.03 Å². The van der Waals surface area contributed by atoms with Crippen LogP contribution < -0.4 is 0 Å². The molecule has 0 saturated carbocycles. The third kappa shape index (κ3) is 3.22. The first-order valence-corrected chi connectivity index (χ1v) is 8.04. The van der Waals surface area contributed by atoms with E-state index >= 15 is 0 Å². The first kappa shape index (κ1) is 13.7. The standard InChI is InChI=1S/C17H20N2S/c1-19-12-6-5-9-16(19)14-10-11-17(18-13-14)20-15-7-3-2-4-8-15/h2-4,7-8,10-11,13,16H,5-6,9,12H2,1H3/t16-/m1/s1. The van der Waals surface area contributed by atoms with Crippen LogP contribution in [0.2, 0.25) is 0 Å². The Balaban J connectivity index is 1.71. The number of likely N-dealkylation sites (tertiary alicyclic amines) is 1. The van der Waals surface area contributed by atoms with Crippen LogP contribution in [0.1, 0.15) is 30.9 Å². The maximum absolute atomic E-state index is 4.62. The van der Waals surface area contributed by atoms with Crippen LogP contribution >= 0.6 is 11.8 Å². The number of aromatic nitrogens is 1. The zero-order valence-electron chi connectivity index (χ0n) is 11.8. The largest absolute Gasteiger partial charge is 0.299 e. The van der Waals surface area contributed by atoms with Gasteiger partial charge in [-0.2, -0.15) is 0 Å². The maximum atomic E-state index is 4.62. The molecule has 0 amide bonds. The van der Waals surface area contributed by atoms with Gasteiger partial charge >= 0.3 is 0 Å². The van der Waals surface area contributed by atoms with Gasteiger partial charge in [-0.25, -0.2) is 4.98 Å². The molecule has 1 aliphatic heterocycles. The molecule has 0 N–H and O–H groups in total. The van der Waals surface area contributed by atoms with Gasteiger partial charge in [-0.05, 0) is 50.2 Å². The summed E-state index contributed by atoms with van der Waals surface area (Å²) in [5.41, 5.74) is 1.35. The number of piperidine rings is 1. The highest BCUT2D eigenvalue weighted by Gasteiger charge is 2.20. The Bertz CT molecular complexity index is 539. The fraction of sp³-hybridized carbons (Fsp3) is 0.353. The van der Waals surface area contributed by atoms with Crippen LogP contribution in [0.4, 0.5) is 0 Å². The predicted octanol–water partition coefficient (Wildman–Crippen LogP) is 4.39.